The maximum Gasteiger partial charge on any atom is 0.508 e. The first kappa shape index (κ1) is 15.4. The summed E-state index contributed by atoms with van der Waals surface area (Å²) in [6, 6.07) is 6.34. The topological polar surface area (TPSA) is 47.6 Å². The van der Waals surface area contributed by atoms with Gasteiger partial charge in [-0.3, -0.25) is 0 Å². The third-order valence-electron chi connectivity index (χ3n) is 2.11. The van der Waals surface area contributed by atoms with E-state index in [1.54, 1.807) is 26.8 Å². The van der Waals surface area contributed by atoms with E-state index in [1.807, 2.05) is 6.07 Å². The molecule has 0 saturated carbocycles. The third-order valence-corrected chi connectivity index (χ3v) is 2.11. The van der Waals surface area contributed by atoms with Crippen LogP contribution in [0, 0.1) is 5.82 Å². The van der Waals surface area contributed by atoms with E-state index in [1.165, 1.54) is 12.1 Å². The van der Waals surface area contributed by atoms with Crippen molar-refractivity contribution in [2.45, 2.75) is 32.9 Å². The summed E-state index contributed by atoms with van der Waals surface area (Å²) in [5, 5.41) is 3.05. The Hall–Kier alpha value is -1.62. The first-order valence-corrected chi connectivity index (χ1v) is 6.18. The Kier molecular flexibility index (Phi) is 5.76. The number of hydrogen-bond donors (Lipinski definition) is 1. The number of carbonyl (C=O) groups is 1. The van der Waals surface area contributed by atoms with Gasteiger partial charge in [-0.2, -0.15) is 0 Å². The molecular formula is C14H20FNO3. The molecule has 1 rings (SSSR count). The molecule has 0 bridgehead atoms. The SMILES string of the molecule is CC(C)(C)OC(=O)OCCNCc1cccc(F)c1. The van der Waals surface area contributed by atoms with Crippen molar-refractivity contribution in [3.05, 3.63) is 35.6 Å². The molecule has 1 aromatic rings. The fourth-order valence-electron chi connectivity index (χ4n) is 1.37. The zero-order valence-electron chi connectivity index (χ0n) is 11.5. The van der Waals surface area contributed by atoms with Crippen molar-refractivity contribution in [2.24, 2.45) is 0 Å². The van der Waals surface area contributed by atoms with Gasteiger partial charge in [0.1, 0.15) is 18.0 Å². The second-order valence-corrected chi connectivity index (χ2v) is 5.12. The van der Waals surface area contributed by atoms with Gasteiger partial charge in [0.05, 0.1) is 0 Å². The Morgan fingerprint density at radius 1 is 1.37 bits per heavy atom. The van der Waals surface area contributed by atoms with E-state index in [4.69, 9.17) is 9.47 Å². The molecule has 0 saturated heterocycles. The first-order valence-electron chi connectivity index (χ1n) is 6.18. The molecule has 0 amide bonds. The Bertz CT molecular complexity index is 415. The van der Waals surface area contributed by atoms with E-state index in [0.717, 1.165) is 5.56 Å². The minimum absolute atomic E-state index is 0.213. The quantitative estimate of drug-likeness (QED) is 0.659. The van der Waals surface area contributed by atoms with Crippen LogP contribution < -0.4 is 5.32 Å². The van der Waals surface area contributed by atoms with Crippen LogP contribution in [-0.2, 0) is 16.0 Å². The molecule has 0 aliphatic carbocycles. The second-order valence-electron chi connectivity index (χ2n) is 5.12. The summed E-state index contributed by atoms with van der Waals surface area (Å²) in [7, 11) is 0. The van der Waals surface area contributed by atoms with E-state index in [0.29, 0.717) is 13.1 Å². The molecule has 0 aromatic heterocycles. The van der Waals surface area contributed by atoms with Crippen molar-refractivity contribution < 1.29 is 18.7 Å². The molecule has 0 aliphatic heterocycles. The van der Waals surface area contributed by atoms with Crippen LogP contribution in [0.25, 0.3) is 0 Å². The standard InChI is InChI=1S/C14H20FNO3/c1-14(2,3)19-13(17)18-8-7-16-10-11-5-4-6-12(15)9-11/h4-6,9,16H,7-8,10H2,1-3H3. The highest BCUT2D eigenvalue weighted by Gasteiger charge is 2.16. The molecule has 0 radical (unpaired) electrons. The third kappa shape index (κ3) is 7.41. The van der Waals surface area contributed by atoms with E-state index in [-0.39, 0.29) is 12.4 Å². The Balaban J connectivity index is 2.13. The van der Waals surface area contributed by atoms with Gasteiger partial charge < -0.3 is 14.8 Å². The van der Waals surface area contributed by atoms with Crippen molar-refractivity contribution in [1.82, 2.24) is 5.32 Å². The normalized spacial score (nSPS) is 11.2. The van der Waals surface area contributed by atoms with E-state index < -0.39 is 11.8 Å². The molecular weight excluding hydrogens is 249 g/mol. The number of carbonyl (C=O) groups excluding carboxylic acids is 1. The highest BCUT2D eigenvalue weighted by atomic mass is 19.1. The fourth-order valence-corrected chi connectivity index (χ4v) is 1.37. The molecule has 4 nitrogen and oxygen atoms in total. The summed E-state index contributed by atoms with van der Waals surface area (Å²) in [5.74, 6) is -0.260. The van der Waals surface area contributed by atoms with Crippen LogP contribution >= 0.6 is 0 Å². The summed E-state index contributed by atoms with van der Waals surface area (Å²) in [5.41, 5.74) is 0.295. The zero-order valence-corrected chi connectivity index (χ0v) is 11.5. The lowest BCUT2D eigenvalue weighted by Crippen LogP contribution is -2.27. The summed E-state index contributed by atoms with van der Waals surface area (Å²) >= 11 is 0. The van der Waals surface area contributed by atoms with Crippen LogP contribution in [0.3, 0.4) is 0 Å². The Morgan fingerprint density at radius 3 is 2.74 bits per heavy atom. The van der Waals surface area contributed by atoms with Gasteiger partial charge in [0.15, 0.2) is 0 Å². The minimum Gasteiger partial charge on any atom is -0.433 e. The predicted molar refractivity (Wildman–Crippen MR) is 70.3 cm³/mol. The summed E-state index contributed by atoms with van der Waals surface area (Å²) in [6.07, 6.45) is -0.681. The van der Waals surface area contributed by atoms with Crippen molar-refractivity contribution in [3.8, 4) is 0 Å². The lowest BCUT2D eigenvalue weighted by molar-refractivity contribution is -0.00660. The molecule has 5 heteroatoms. The number of halogens is 1. The van der Waals surface area contributed by atoms with Crippen molar-refractivity contribution in [2.75, 3.05) is 13.2 Å². The van der Waals surface area contributed by atoms with Crippen molar-refractivity contribution >= 4 is 6.16 Å². The smallest absolute Gasteiger partial charge is 0.433 e. The van der Waals surface area contributed by atoms with Crippen LogP contribution in [0.15, 0.2) is 24.3 Å². The molecule has 1 N–H and O–H groups in total. The van der Waals surface area contributed by atoms with E-state index in [9.17, 15) is 9.18 Å². The molecule has 0 unspecified atom stereocenters. The van der Waals surface area contributed by atoms with Gasteiger partial charge in [0.2, 0.25) is 0 Å². The van der Waals surface area contributed by atoms with Crippen LogP contribution in [0.4, 0.5) is 9.18 Å². The van der Waals surface area contributed by atoms with Crippen molar-refractivity contribution in [3.63, 3.8) is 0 Å². The number of hydrogen-bond acceptors (Lipinski definition) is 4. The van der Waals surface area contributed by atoms with E-state index >= 15 is 0 Å². The monoisotopic (exact) mass is 269 g/mol. The zero-order chi connectivity index (χ0) is 14.3. The number of nitrogens with one attached hydrogen (secondary N) is 1. The number of benzene rings is 1. The average molecular weight is 269 g/mol. The highest BCUT2D eigenvalue weighted by Crippen LogP contribution is 2.07. The molecule has 106 valence electrons. The van der Waals surface area contributed by atoms with Crippen LogP contribution in [0.2, 0.25) is 0 Å². The average Bonchev–Trinajstić information content (AvgIpc) is 2.26. The largest absolute Gasteiger partial charge is 0.508 e. The summed E-state index contributed by atoms with van der Waals surface area (Å²) < 4.78 is 22.8. The summed E-state index contributed by atoms with van der Waals surface area (Å²) in [6.45, 7) is 6.54. The van der Waals surface area contributed by atoms with Gasteiger partial charge in [0.25, 0.3) is 0 Å². The number of rotatable bonds is 5. The Labute approximate surface area is 112 Å². The molecule has 19 heavy (non-hydrogen) atoms. The maximum atomic E-state index is 12.9. The van der Waals surface area contributed by atoms with E-state index in [2.05, 4.69) is 5.32 Å². The van der Waals surface area contributed by atoms with Gasteiger partial charge in [0, 0.05) is 13.1 Å². The second kappa shape index (κ2) is 7.09. The molecule has 0 atom stereocenters. The molecule has 1 aromatic carbocycles. The van der Waals surface area contributed by atoms with Gasteiger partial charge in [-0.1, -0.05) is 12.1 Å². The lowest BCUT2D eigenvalue weighted by Gasteiger charge is -2.18. The van der Waals surface area contributed by atoms with Crippen LogP contribution in [0.1, 0.15) is 26.3 Å². The lowest BCUT2D eigenvalue weighted by atomic mass is 10.2. The van der Waals surface area contributed by atoms with Crippen LogP contribution in [0.5, 0.6) is 0 Å². The molecule has 0 heterocycles. The molecule has 0 spiro atoms. The fraction of sp³-hybridized carbons (Fsp3) is 0.500. The van der Waals surface area contributed by atoms with Gasteiger partial charge in [-0.25, -0.2) is 9.18 Å². The van der Waals surface area contributed by atoms with Crippen molar-refractivity contribution in [1.29, 1.82) is 0 Å². The molecule has 0 fully saturated rings. The van der Waals surface area contributed by atoms with Gasteiger partial charge >= 0.3 is 6.16 Å². The first-order chi connectivity index (χ1) is 8.87. The predicted octanol–water partition coefficient (Wildman–Crippen LogP) is 2.87. The maximum absolute atomic E-state index is 12.9. The summed E-state index contributed by atoms with van der Waals surface area (Å²) in [4.78, 5) is 11.2. The van der Waals surface area contributed by atoms with Crippen LogP contribution in [-0.4, -0.2) is 24.9 Å². The number of ether oxygens (including phenoxy) is 2. The van der Waals surface area contributed by atoms with Gasteiger partial charge in [-0.15, -0.1) is 0 Å². The Morgan fingerprint density at radius 2 is 2.11 bits per heavy atom. The minimum atomic E-state index is -0.681. The highest BCUT2D eigenvalue weighted by molar-refractivity contribution is 5.60. The van der Waals surface area contributed by atoms with Gasteiger partial charge in [-0.05, 0) is 38.5 Å². The molecule has 0 aliphatic rings.